The SMILES string of the molecule is CC(C)[C@H](CNC(=O)[C@@H](C)N)Nc1ccc(C(F)(F)F)cc1. The topological polar surface area (TPSA) is 67.2 Å². The molecule has 0 heterocycles. The van der Waals surface area contributed by atoms with Crippen LogP contribution in [0.2, 0.25) is 0 Å². The predicted molar refractivity (Wildman–Crippen MR) is 80.4 cm³/mol. The van der Waals surface area contributed by atoms with E-state index in [1.807, 2.05) is 13.8 Å². The van der Waals surface area contributed by atoms with Crippen molar-refractivity contribution in [1.29, 1.82) is 0 Å². The van der Waals surface area contributed by atoms with Crippen LogP contribution in [0, 0.1) is 5.92 Å². The Kier molecular flexibility index (Phi) is 6.22. The van der Waals surface area contributed by atoms with Crippen LogP contribution < -0.4 is 16.4 Å². The smallest absolute Gasteiger partial charge is 0.380 e. The third-order valence-electron chi connectivity index (χ3n) is 3.28. The Balaban J connectivity index is 2.69. The molecule has 1 aromatic carbocycles. The summed E-state index contributed by atoms with van der Waals surface area (Å²) in [5.74, 6) is -0.0875. The molecule has 4 N–H and O–H groups in total. The summed E-state index contributed by atoms with van der Waals surface area (Å²) in [6.45, 7) is 5.85. The zero-order valence-corrected chi connectivity index (χ0v) is 12.9. The largest absolute Gasteiger partial charge is 0.416 e. The summed E-state index contributed by atoms with van der Waals surface area (Å²) in [7, 11) is 0. The molecule has 0 aliphatic heterocycles. The second-order valence-electron chi connectivity index (χ2n) is 5.60. The number of halogens is 3. The van der Waals surface area contributed by atoms with E-state index in [1.165, 1.54) is 12.1 Å². The second-order valence-corrected chi connectivity index (χ2v) is 5.60. The van der Waals surface area contributed by atoms with E-state index in [-0.39, 0.29) is 17.9 Å². The molecule has 7 heteroatoms. The minimum Gasteiger partial charge on any atom is -0.380 e. The molecule has 0 aliphatic rings. The number of amides is 1. The molecule has 22 heavy (non-hydrogen) atoms. The highest BCUT2D eigenvalue weighted by Gasteiger charge is 2.30. The van der Waals surface area contributed by atoms with Gasteiger partial charge < -0.3 is 16.4 Å². The van der Waals surface area contributed by atoms with Gasteiger partial charge >= 0.3 is 6.18 Å². The maximum atomic E-state index is 12.5. The number of nitrogens with one attached hydrogen (secondary N) is 2. The monoisotopic (exact) mass is 317 g/mol. The lowest BCUT2D eigenvalue weighted by Crippen LogP contribution is -2.45. The van der Waals surface area contributed by atoms with Gasteiger partial charge in [0.15, 0.2) is 0 Å². The molecule has 0 aromatic heterocycles. The van der Waals surface area contributed by atoms with Crippen LogP contribution in [-0.2, 0) is 11.0 Å². The van der Waals surface area contributed by atoms with Crippen molar-refractivity contribution in [3.8, 4) is 0 Å². The first-order chi connectivity index (χ1) is 10.1. The Morgan fingerprint density at radius 1 is 1.18 bits per heavy atom. The normalized spacial score (nSPS) is 14.5. The summed E-state index contributed by atoms with van der Waals surface area (Å²) >= 11 is 0. The van der Waals surface area contributed by atoms with Crippen molar-refractivity contribution in [1.82, 2.24) is 5.32 Å². The Morgan fingerprint density at radius 3 is 2.14 bits per heavy atom. The van der Waals surface area contributed by atoms with E-state index in [0.29, 0.717) is 12.2 Å². The molecule has 0 saturated heterocycles. The van der Waals surface area contributed by atoms with E-state index in [4.69, 9.17) is 5.73 Å². The van der Waals surface area contributed by atoms with E-state index in [9.17, 15) is 18.0 Å². The fraction of sp³-hybridized carbons (Fsp3) is 0.533. The van der Waals surface area contributed by atoms with Crippen molar-refractivity contribution >= 4 is 11.6 Å². The highest BCUT2D eigenvalue weighted by molar-refractivity contribution is 5.81. The average Bonchev–Trinajstić information content (AvgIpc) is 2.42. The highest BCUT2D eigenvalue weighted by Crippen LogP contribution is 2.30. The van der Waals surface area contributed by atoms with Gasteiger partial charge in [0.25, 0.3) is 0 Å². The maximum Gasteiger partial charge on any atom is 0.416 e. The van der Waals surface area contributed by atoms with Crippen LogP contribution in [0.25, 0.3) is 0 Å². The number of nitrogens with two attached hydrogens (primary N) is 1. The molecule has 0 aliphatic carbocycles. The summed E-state index contributed by atoms with van der Waals surface area (Å²) in [6, 6.07) is 4.11. The van der Waals surface area contributed by atoms with Gasteiger partial charge in [-0.1, -0.05) is 13.8 Å². The number of rotatable bonds is 6. The van der Waals surface area contributed by atoms with Gasteiger partial charge in [0.2, 0.25) is 5.91 Å². The van der Waals surface area contributed by atoms with Crippen LogP contribution in [0.3, 0.4) is 0 Å². The van der Waals surface area contributed by atoms with Crippen LogP contribution in [0.1, 0.15) is 26.3 Å². The molecule has 0 saturated carbocycles. The van der Waals surface area contributed by atoms with Gasteiger partial charge in [0.1, 0.15) is 0 Å². The quantitative estimate of drug-likeness (QED) is 0.755. The number of anilines is 1. The highest BCUT2D eigenvalue weighted by atomic mass is 19.4. The lowest BCUT2D eigenvalue weighted by molar-refractivity contribution is -0.137. The Labute approximate surface area is 128 Å². The average molecular weight is 317 g/mol. The molecule has 2 atom stereocenters. The minimum atomic E-state index is -4.35. The van der Waals surface area contributed by atoms with Crippen LogP contribution in [0.4, 0.5) is 18.9 Å². The third kappa shape index (κ3) is 5.55. The number of hydrogen-bond acceptors (Lipinski definition) is 3. The van der Waals surface area contributed by atoms with Gasteiger partial charge in [-0.3, -0.25) is 4.79 Å². The Bertz CT molecular complexity index is 484. The van der Waals surface area contributed by atoms with E-state index in [0.717, 1.165) is 12.1 Å². The summed E-state index contributed by atoms with van der Waals surface area (Å²) in [4.78, 5) is 11.5. The fourth-order valence-electron chi connectivity index (χ4n) is 1.79. The van der Waals surface area contributed by atoms with Crippen molar-refractivity contribution in [3.63, 3.8) is 0 Å². The molecule has 0 radical (unpaired) electrons. The van der Waals surface area contributed by atoms with Crippen molar-refractivity contribution in [2.45, 2.75) is 39.0 Å². The van der Waals surface area contributed by atoms with Crippen molar-refractivity contribution in [2.75, 3.05) is 11.9 Å². The molecule has 0 unspecified atom stereocenters. The number of benzene rings is 1. The molecule has 1 aromatic rings. The molecule has 124 valence electrons. The number of hydrogen-bond donors (Lipinski definition) is 3. The number of alkyl halides is 3. The van der Waals surface area contributed by atoms with Crippen molar-refractivity contribution in [3.05, 3.63) is 29.8 Å². The molecule has 0 spiro atoms. The molecule has 4 nitrogen and oxygen atoms in total. The van der Waals surface area contributed by atoms with Crippen LogP contribution in [0.5, 0.6) is 0 Å². The maximum absolute atomic E-state index is 12.5. The van der Waals surface area contributed by atoms with Crippen molar-refractivity contribution < 1.29 is 18.0 Å². The standard InChI is InChI=1S/C15H22F3N3O/c1-9(2)13(8-20-14(22)10(3)19)21-12-6-4-11(5-7-12)15(16,17)18/h4-7,9-10,13,21H,8,19H2,1-3H3,(H,20,22)/t10-,13+/m1/s1. The Morgan fingerprint density at radius 2 is 1.73 bits per heavy atom. The number of carbonyl (C=O) groups excluding carboxylic acids is 1. The van der Waals surface area contributed by atoms with E-state index in [2.05, 4.69) is 10.6 Å². The minimum absolute atomic E-state index is 0.112. The summed E-state index contributed by atoms with van der Waals surface area (Å²) in [6.07, 6.45) is -4.35. The summed E-state index contributed by atoms with van der Waals surface area (Å²) in [5.41, 5.74) is 5.35. The van der Waals surface area contributed by atoms with Gasteiger partial charge in [0, 0.05) is 18.3 Å². The van der Waals surface area contributed by atoms with E-state index >= 15 is 0 Å². The zero-order chi connectivity index (χ0) is 16.9. The first-order valence-electron chi connectivity index (χ1n) is 7.08. The molecule has 1 rings (SSSR count). The van der Waals surface area contributed by atoms with Gasteiger partial charge in [0.05, 0.1) is 11.6 Å². The first kappa shape index (κ1) is 18.3. The molecule has 0 fully saturated rings. The first-order valence-corrected chi connectivity index (χ1v) is 7.08. The summed E-state index contributed by atoms with van der Waals surface area (Å²) < 4.78 is 37.5. The molecule has 1 amide bonds. The van der Waals surface area contributed by atoms with Gasteiger partial charge in [-0.25, -0.2) is 0 Å². The van der Waals surface area contributed by atoms with Gasteiger partial charge in [-0.2, -0.15) is 13.2 Å². The lowest BCUT2D eigenvalue weighted by Gasteiger charge is -2.24. The number of carbonyl (C=O) groups is 1. The van der Waals surface area contributed by atoms with Crippen molar-refractivity contribution in [2.24, 2.45) is 11.7 Å². The predicted octanol–water partition coefficient (Wildman–Crippen LogP) is 2.61. The lowest BCUT2D eigenvalue weighted by atomic mass is 10.0. The molecular formula is C15H22F3N3O. The van der Waals surface area contributed by atoms with Gasteiger partial charge in [-0.05, 0) is 37.1 Å². The Hall–Kier alpha value is -1.76. The molecule has 0 bridgehead atoms. The van der Waals surface area contributed by atoms with Crippen LogP contribution in [-0.4, -0.2) is 24.5 Å². The van der Waals surface area contributed by atoms with E-state index < -0.39 is 17.8 Å². The van der Waals surface area contributed by atoms with Gasteiger partial charge in [-0.15, -0.1) is 0 Å². The molecular weight excluding hydrogens is 295 g/mol. The fourth-order valence-corrected chi connectivity index (χ4v) is 1.79. The second kappa shape index (κ2) is 7.49. The van der Waals surface area contributed by atoms with Crippen LogP contribution >= 0.6 is 0 Å². The van der Waals surface area contributed by atoms with Crippen LogP contribution in [0.15, 0.2) is 24.3 Å². The van der Waals surface area contributed by atoms with E-state index in [1.54, 1.807) is 6.92 Å². The zero-order valence-electron chi connectivity index (χ0n) is 12.9. The third-order valence-corrected chi connectivity index (χ3v) is 3.28. The summed E-state index contributed by atoms with van der Waals surface area (Å²) in [5, 5.41) is 5.84.